The summed E-state index contributed by atoms with van der Waals surface area (Å²) < 4.78 is 38.7. The van der Waals surface area contributed by atoms with E-state index in [4.69, 9.17) is 11.6 Å². The average molecular weight is 378 g/mol. The first-order valence-corrected chi connectivity index (χ1v) is 8.21. The van der Waals surface area contributed by atoms with Gasteiger partial charge in [-0.1, -0.05) is 53.6 Å². The first-order valence-electron chi connectivity index (χ1n) is 7.83. The highest BCUT2D eigenvalue weighted by atomic mass is 35.5. The number of nitrogens with one attached hydrogen (secondary N) is 1. The molecule has 0 saturated carbocycles. The first-order chi connectivity index (χ1) is 12.3. The van der Waals surface area contributed by atoms with Crippen molar-refractivity contribution in [2.24, 2.45) is 0 Å². The predicted octanol–water partition coefficient (Wildman–Crippen LogP) is 5.74. The molecule has 0 radical (unpaired) electrons. The van der Waals surface area contributed by atoms with E-state index in [9.17, 15) is 13.2 Å². The van der Waals surface area contributed by atoms with Crippen molar-refractivity contribution in [1.82, 2.24) is 9.97 Å². The Hall–Kier alpha value is -2.60. The lowest BCUT2D eigenvalue weighted by atomic mass is 10.1. The Bertz CT molecular complexity index is 926. The van der Waals surface area contributed by atoms with Crippen molar-refractivity contribution >= 4 is 17.4 Å². The van der Waals surface area contributed by atoms with E-state index in [1.807, 2.05) is 31.2 Å². The zero-order chi connectivity index (χ0) is 18.7. The van der Waals surface area contributed by atoms with Gasteiger partial charge in [0.25, 0.3) is 0 Å². The zero-order valence-electron chi connectivity index (χ0n) is 13.8. The third-order valence-corrected chi connectivity index (χ3v) is 3.89. The summed E-state index contributed by atoms with van der Waals surface area (Å²) in [5.74, 6) is 0.578. The van der Waals surface area contributed by atoms with Gasteiger partial charge >= 0.3 is 6.18 Å². The molecule has 0 aliphatic heterocycles. The van der Waals surface area contributed by atoms with Crippen LogP contribution in [0.1, 0.15) is 16.7 Å². The van der Waals surface area contributed by atoms with E-state index in [2.05, 4.69) is 15.3 Å². The molecule has 0 bridgehead atoms. The minimum atomic E-state index is -4.43. The highest BCUT2D eigenvalue weighted by molar-refractivity contribution is 6.29. The molecule has 3 aromatic rings. The van der Waals surface area contributed by atoms with Crippen LogP contribution in [0.5, 0.6) is 0 Å². The summed E-state index contributed by atoms with van der Waals surface area (Å²) >= 11 is 6.02. The van der Waals surface area contributed by atoms with Gasteiger partial charge in [0.05, 0.1) is 5.56 Å². The Morgan fingerprint density at radius 1 is 1.00 bits per heavy atom. The SMILES string of the molecule is Cc1cccc(CNc2cc(Cl)nc(-c3cccc(C(F)(F)F)c3)n2)c1. The zero-order valence-corrected chi connectivity index (χ0v) is 14.6. The van der Waals surface area contributed by atoms with Crippen LogP contribution in [-0.4, -0.2) is 9.97 Å². The summed E-state index contributed by atoms with van der Waals surface area (Å²) in [6.45, 7) is 2.51. The molecular formula is C19H15ClF3N3. The molecule has 7 heteroatoms. The van der Waals surface area contributed by atoms with Gasteiger partial charge in [-0.25, -0.2) is 9.97 Å². The first kappa shape index (κ1) is 18.2. The molecule has 3 rings (SSSR count). The van der Waals surface area contributed by atoms with Crippen LogP contribution in [0, 0.1) is 6.92 Å². The molecule has 0 aliphatic rings. The average Bonchev–Trinajstić information content (AvgIpc) is 2.59. The second-order valence-electron chi connectivity index (χ2n) is 5.82. The van der Waals surface area contributed by atoms with E-state index in [0.717, 1.165) is 23.3 Å². The normalized spacial score (nSPS) is 11.4. The number of aryl methyl sites for hydroxylation is 1. The van der Waals surface area contributed by atoms with Crippen molar-refractivity contribution in [1.29, 1.82) is 0 Å². The minimum absolute atomic E-state index is 0.135. The summed E-state index contributed by atoms with van der Waals surface area (Å²) in [5.41, 5.74) is 1.68. The highest BCUT2D eigenvalue weighted by Gasteiger charge is 2.30. The third-order valence-electron chi connectivity index (χ3n) is 3.70. The molecule has 0 aliphatic carbocycles. The van der Waals surface area contributed by atoms with E-state index < -0.39 is 11.7 Å². The maximum absolute atomic E-state index is 12.9. The van der Waals surface area contributed by atoms with Gasteiger partial charge < -0.3 is 5.32 Å². The van der Waals surface area contributed by atoms with Crippen molar-refractivity contribution in [3.63, 3.8) is 0 Å². The van der Waals surface area contributed by atoms with Crippen LogP contribution >= 0.6 is 11.6 Å². The maximum Gasteiger partial charge on any atom is 0.416 e. The molecular weight excluding hydrogens is 363 g/mol. The Kier molecular flexibility index (Phi) is 5.13. The molecule has 2 aromatic carbocycles. The molecule has 1 N–H and O–H groups in total. The monoisotopic (exact) mass is 377 g/mol. The summed E-state index contributed by atoms with van der Waals surface area (Å²) in [6.07, 6.45) is -4.43. The quantitative estimate of drug-likeness (QED) is 0.589. The molecule has 0 saturated heterocycles. The molecule has 3 nitrogen and oxygen atoms in total. The molecule has 0 amide bonds. The number of hydrogen-bond donors (Lipinski definition) is 1. The predicted molar refractivity (Wildman–Crippen MR) is 96.0 cm³/mol. The molecule has 1 aromatic heterocycles. The fourth-order valence-electron chi connectivity index (χ4n) is 2.49. The topological polar surface area (TPSA) is 37.8 Å². The molecule has 26 heavy (non-hydrogen) atoms. The Labute approximate surface area is 153 Å². The summed E-state index contributed by atoms with van der Waals surface area (Å²) in [7, 11) is 0. The molecule has 0 spiro atoms. The van der Waals surface area contributed by atoms with Gasteiger partial charge in [0, 0.05) is 18.2 Å². The standard InChI is InChI=1S/C19H15ClF3N3/c1-12-4-2-5-13(8-12)11-24-17-10-16(20)25-18(26-17)14-6-3-7-15(9-14)19(21,22)23/h2-10H,11H2,1H3,(H,24,25,26). The van der Waals surface area contributed by atoms with Crippen LogP contribution in [-0.2, 0) is 12.7 Å². The number of aromatic nitrogens is 2. The van der Waals surface area contributed by atoms with Gasteiger partial charge in [-0.15, -0.1) is 0 Å². The van der Waals surface area contributed by atoms with E-state index in [1.54, 1.807) is 0 Å². The number of nitrogens with zero attached hydrogens (tertiary/aromatic N) is 2. The fourth-order valence-corrected chi connectivity index (χ4v) is 2.67. The van der Waals surface area contributed by atoms with Gasteiger partial charge in [-0.2, -0.15) is 13.2 Å². The van der Waals surface area contributed by atoms with Crippen molar-refractivity contribution in [3.8, 4) is 11.4 Å². The lowest BCUT2D eigenvalue weighted by molar-refractivity contribution is -0.137. The van der Waals surface area contributed by atoms with Crippen LogP contribution in [0.3, 0.4) is 0 Å². The number of anilines is 1. The summed E-state index contributed by atoms with van der Waals surface area (Å²) in [5, 5.41) is 3.28. The molecule has 134 valence electrons. The number of rotatable bonds is 4. The Morgan fingerprint density at radius 2 is 1.77 bits per heavy atom. The van der Waals surface area contributed by atoms with Gasteiger partial charge in [0.1, 0.15) is 11.0 Å². The summed E-state index contributed by atoms with van der Waals surface area (Å²) in [4.78, 5) is 8.33. The van der Waals surface area contributed by atoms with Crippen LogP contribution in [0.4, 0.5) is 19.0 Å². The lowest BCUT2D eigenvalue weighted by Gasteiger charge is -2.10. The molecule has 1 heterocycles. The molecule has 0 fully saturated rings. The summed E-state index contributed by atoms with van der Waals surface area (Å²) in [6, 6.07) is 14.3. The van der Waals surface area contributed by atoms with Gasteiger partial charge in [0.2, 0.25) is 0 Å². The van der Waals surface area contributed by atoms with Crippen LogP contribution in [0.25, 0.3) is 11.4 Å². The second kappa shape index (κ2) is 7.33. The fraction of sp³-hybridized carbons (Fsp3) is 0.158. The van der Waals surface area contributed by atoms with E-state index in [1.165, 1.54) is 18.2 Å². The Balaban J connectivity index is 1.86. The van der Waals surface area contributed by atoms with Crippen LogP contribution in [0.15, 0.2) is 54.6 Å². The van der Waals surface area contributed by atoms with Gasteiger partial charge in [-0.3, -0.25) is 0 Å². The smallest absolute Gasteiger partial charge is 0.366 e. The van der Waals surface area contributed by atoms with E-state index >= 15 is 0 Å². The van der Waals surface area contributed by atoms with Crippen molar-refractivity contribution in [2.45, 2.75) is 19.6 Å². The second-order valence-corrected chi connectivity index (χ2v) is 6.21. The number of hydrogen-bond acceptors (Lipinski definition) is 3. The largest absolute Gasteiger partial charge is 0.416 e. The van der Waals surface area contributed by atoms with Crippen molar-refractivity contribution in [2.75, 3.05) is 5.32 Å². The van der Waals surface area contributed by atoms with E-state index in [-0.39, 0.29) is 16.5 Å². The highest BCUT2D eigenvalue weighted by Crippen LogP contribution is 2.31. The Morgan fingerprint density at radius 3 is 2.50 bits per heavy atom. The number of halogens is 4. The van der Waals surface area contributed by atoms with Crippen LogP contribution in [0.2, 0.25) is 5.15 Å². The number of alkyl halides is 3. The van der Waals surface area contributed by atoms with Gasteiger partial charge in [-0.05, 0) is 24.6 Å². The van der Waals surface area contributed by atoms with E-state index in [0.29, 0.717) is 12.4 Å². The van der Waals surface area contributed by atoms with Crippen LogP contribution < -0.4 is 5.32 Å². The number of benzene rings is 2. The third kappa shape index (κ3) is 4.52. The van der Waals surface area contributed by atoms with Gasteiger partial charge in [0.15, 0.2) is 5.82 Å². The maximum atomic E-state index is 12.9. The molecule has 0 unspecified atom stereocenters. The van der Waals surface area contributed by atoms with Crippen molar-refractivity contribution < 1.29 is 13.2 Å². The minimum Gasteiger partial charge on any atom is -0.366 e. The lowest BCUT2D eigenvalue weighted by Crippen LogP contribution is -2.06. The van der Waals surface area contributed by atoms with Crippen molar-refractivity contribution in [3.05, 3.63) is 76.4 Å². The molecule has 0 atom stereocenters.